The van der Waals surface area contributed by atoms with Crippen molar-refractivity contribution < 1.29 is 89.4 Å². The number of Topliss-reactive ketones (excluding diaryl/α,β-unsaturated/α-hetero) is 4. The summed E-state index contributed by atoms with van der Waals surface area (Å²) in [6.07, 6.45) is -0.257. The minimum absolute atomic E-state index is 0.156. The molecule has 18 nitrogen and oxygen atoms in total. The van der Waals surface area contributed by atoms with Gasteiger partial charge in [-0.3, -0.25) is 38.4 Å². The number of aliphatic hydroxyl groups is 6. The highest BCUT2D eigenvalue weighted by Crippen LogP contribution is 2.18. The first kappa shape index (κ1) is 54.8. The van der Waals surface area contributed by atoms with Crippen molar-refractivity contribution in [1.29, 1.82) is 0 Å². The zero-order valence-electron chi connectivity index (χ0n) is 27.2. The molecular weight excluding hydrogens is 624 g/mol. The highest BCUT2D eigenvalue weighted by Gasteiger charge is 2.25. The van der Waals surface area contributed by atoms with Crippen molar-refractivity contribution >= 4 is 47.0 Å². The fourth-order valence-electron chi connectivity index (χ4n) is 1.82. The van der Waals surface area contributed by atoms with Gasteiger partial charge < -0.3 is 51.1 Å². The summed E-state index contributed by atoms with van der Waals surface area (Å²) in [5.74, 6) is -5.50. The third-order valence-electron chi connectivity index (χ3n) is 5.11. The lowest BCUT2D eigenvalue weighted by Gasteiger charge is -2.24. The molecule has 0 radical (unpaired) electrons. The van der Waals surface area contributed by atoms with E-state index in [-0.39, 0.29) is 88.5 Å². The maximum Gasteiger partial charge on any atom is 0.310 e. The number of hydrogen-bond acceptors (Lipinski definition) is 14. The lowest BCUT2D eigenvalue weighted by molar-refractivity contribution is -0.141. The molecule has 0 bridgehead atoms. The maximum atomic E-state index is 9.87. The predicted octanol–water partition coefficient (Wildman–Crippen LogP) is -1.08. The van der Waals surface area contributed by atoms with Crippen LogP contribution in [0.4, 0.5) is 0 Å². The normalized spacial score (nSPS) is 9.65. The molecule has 10 N–H and O–H groups in total. The molecule has 0 spiro atoms. The highest BCUT2D eigenvalue weighted by atomic mass is 16.4. The maximum absolute atomic E-state index is 9.87. The van der Waals surface area contributed by atoms with Gasteiger partial charge in [-0.25, -0.2) is 0 Å². The van der Waals surface area contributed by atoms with Crippen LogP contribution in [0.15, 0.2) is 0 Å². The smallest absolute Gasteiger partial charge is 0.310 e. The van der Waals surface area contributed by atoms with Gasteiger partial charge in [0.2, 0.25) is 0 Å². The second kappa shape index (κ2) is 34.2. The number of ketones is 4. The summed E-state index contributed by atoms with van der Waals surface area (Å²) in [7, 11) is 0. The molecule has 0 aliphatic heterocycles. The number of aliphatic hydroxyl groups excluding tert-OH is 6. The van der Waals surface area contributed by atoms with Crippen molar-refractivity contribution in [3.05, 3.63) is 0 Å². The Morgan fingerprint density at radius 2 is 0.500 bits per heavy atom. The summed E-state index contributed by atoms with van der Waals surface area (Å²) in [4.78, 5) is 77.8. The van der Waals surface area contributed by atoms with Gasteiger partial charge in [0.1, 0.15) is 48.8 Å². The molecule has 0 saturated heterocycles. The Labute approximate surface area is 267 Å². The van der Waals surface area contributed by atoms with Crippen LogP contribution in [-0.2, 0) is 38.4 Å². The summed E-state index contributed by atoms with van der Waals surface area (Å²) in [5.41, 5.74) is -1.33. The van der Waals surface area contributed by atoms with E-state index in [1.807, 2.05) is 13.8 Å². The zero-order chi connectivity index (χ0) is 38.1. The molecule has 0 aromatic heterocycles. The first-order chi connectivity index (χ1) is 21.0. The Balaban J connectivity index is -0.000000105. The molecule has 0 aliphatic rings. The lowest BCUT2D eigenvalue weighted by Crippen LogP contribution is -2.32. The van der Waals surface area contributed by atoms with Gasteiger partial charge in [0.25, 0.3) is 0 Å². The van der Waals surface area contributed by atoms with Crippen LogP contribution in [0, 0.1) is 10.8 Å². The molecule has 0 unspecified atom stereocenters. The fourth-order valence-corrected chi connectivity index (χ4v) is 1.82. The predicted molar refractivity (Wildman–Crippen MR) is 160 cm³/mol. The molecule has 0 aromatic rings. The Hall–Kier alpha value is -3.68. The van der Waals surface area contributed by atoms with E-state index < -0.39 is 34.7 Å². The summed E-state index contributed by atoms with van der Waals surface area (Å²) >= 11 is 0. The molecule has 0 atom stereocenters. The number of carboxylic acids is 4. The molecule has 0 aromatic carbocycles. The molecule has 0 rings (SSSR count). The minimum Gasteiger partial charge on any atom is -0.481 e. The fraction of sp³-hybridized carbons (Fsp3) is 0.714. The SMILES string of the molecule is CC(=O)CC(=O)O.CC(=O)CC(=O)O.CC(=O)CC(=O)O.CC(=O)CC(=O)O.CCC(CO)(CO)CO.CCC(CO)(CO)CO. The summed E-state index contributed by atoms with van der Waals surface area (Å²) in [6, 6.07) is 0. The van der Waals surface area contributed by atoms with Crippen molar-refractivity contribution in [3.8, 4) is 0 Å². The van der Waals surface area contributed by atoms with Crippen LogP contribution in [0.25, 0.3) is 0 Å². The van der Waals surface area contributed by atoms with Gasteiger partial charge in [-0.2, -0.15) is 0 Å². The van der Waals surface area contributed by atoms with E-state index in [2.05, 4.69) is 0 Å². The molecule has 0 saturated carbocycles. The average molecular weight is 677 g/mol. The van der Waals surface area contributed by atoms with Crippen molar-refractivity contribution in [2.24, 2.45) is 10.8 Å². The Morgan fingerprint density at radius 1 is 0.370 bits per heavy atom. The lowest BCUT2D eigenvalue weighted by atomic mass is 9.88. The molecule has 0 aliphatic carbocycles. The molecule has 18 heteroatoms. The molecule has 0 heterocycles. The number of carboxylic acid groups (broad SMARTS) is 4. The van der Waals surface area contributed by atoms with Crippen LogP contribution < -0.4 is 0 Å². The summed E-state index contributed by atoms with van der Waals surface area (Å²) in [6.45, 7) is 7.68. The van der Waals surface area contributed by atoms with Crippen molar-refractivity contribution in [2.45, 2.75) is 80.1 Å². The summed E-state index contributed by atoms with van der Waals surface area (Å²) < 4.78 is 0. The third kappa shape index (κ3) is 47.3. The van der Waals surface area contributed by atoms with E-state index >= 15 is 0 Å². The minimum atomic E-state index is -1.06. The van der Waals surface area contributed by atoms with E-state index in [0.29, 0.717) is 12.8 Å². The second-order valence-corrected chi connectivity index (χ2v) is 9.75. The quantitative estimate of drug-likeness (QED) is 0.0869. The Morgan fingerprint density at radius 3 is 0.500 bits per heavy atom. The molecule has 0 amide bonds. The van der Waals surface area contributed by atoms with E-state index in [9.17, 15) is 38.4 Å². The van der Waals surface area contributed by atoms with E-state index in [4.69, 9.17) is 51.1 Å². The van der Waals surface area contributed by atoms with Crippen LogP contribution in [0.1, 0.15) is 80.1 Å². The number of aliphatic carboxylic acids is 4. The first-order valence-electron chi connectivity index (χ1n) is 13.5. The molecular formula is C28H52O18. The average Bonchev–Trinajstić information content (AvgIpc) is 2.91. The standard InChI is InChI=1S/2C6H14O3.4C4H6O3/c2*1-2-6(3-7,4-8)5-9;4*1-3(5)2-4(6)7/h2*7-9H,2-5H2,1H3;4*2H2,1H3,(H,6,7). The highest BCUT2D eigenvalue weighted by molar-refractivity contribution is 5.94. The zero-order valence-corrected chi connectivity index (χ0v) is 27.2. The van der Waals surface area contributed by atoms with Crippen LogP contribution in [0.2, 0.25) is 0 Å². The van der Waals surface area contributed by atoms with Gasteiger partial charge in [-0.1, -0.05) is 13.8 Å². The van der Waals surface area contributed by atoms with Crippen LogP contribution in [0.3, 0.4) is 0 Å². The number of carbonyl (C=O) groups excluding carboxylic acids is 4. The van der Waals surface area contributed by atoms with Crippen LogP contribution in [-0.4, -0.2) is 138 Å². The third-order valence-corrected chi connectivity index (χ3v) is 5.11. The number of hydrogen-bond donors (Lipinski definition) is 10. The monoisotopic (exact) mass is 676 g/mol. The van der Waals surface area contributed by atoms with E-state index in [1.165, 1.54) is 27.7 Å². The van der Waals surface area contributed by atoms with E-state index in [0.717, 1.165) is 0 Å². The van der Waals surface area contributed by atoms with Gasteiger partial charge in [0.15, 0.2) is 0 Å². The number of rotatable bonds is 16. The molecule has 0 fully saturated rings. The van der Waals surface area contributed by atoms with E-state index in [1.54, 1.807) is 0 Å². The first-order valence-corrected chi connectivity index (χ1v) is 13.5. The van der Waals surface area contributed by atoms with Gasteiger partial charge in [0, 0.05) is 10.8 Å². The van der Waals surface area contributed by atoms with Gasteiger partial charge >= 0.3 is 23.9 Å². The number of carbonyl (C=O) groups is 8. The second-order valence-electron chi connectivity index (χ2n) is 9.75. The largest absolute Gasteiger partial charge is 0.481 e. The van der Waals surface area contributed by atoms with Gasteiger partial charge in [-0.05, 0) is 40.5 Å². The van der Waals surface area contributed by atoms with Gasteiger partial charge in [-0.15, -0.1) is 0 Å². The van der Waals surface area contributed by atoms with Crippen molar-refractivity contribution in [1.82, 2.24) is 0 Å². The molecule has 272 valence electrons. The van der Waals surface area contributed by atoms with Gasteiger partial charge in [0.05, 0.1) is 39.6 Å². The topological polar surface area (TPSA) is 339 Å². The van der Waals surface area contributed by atoms with Crippen molar-refractivity contribution in [2.75, 3.05) is 39.6 Å². The molecule has 46 heavy (non-hydrogen) atoms. The Bertz CT molecular complexity index is 682. The van der Waals surface area contributed by atoms with Crippen molar-refractivity contribution in [3.63, 3.8) is 0 Å². The summed E-state index contributed by atoms with van der Waals surface area (Å²) in [5, 5.41) is 83.4. The van der Waals surface area contributed by atoms with Crippen LogP contribution >= 0.6 is 0 Å². The Kier molecular flexibility index (Phi) is 40.7. The van der Waals surface area contributed by atoms with Crippen LogP contribution in [0.5, 0.6) is 0 Å².